The molecule has 0 saturated carbocycles. The van der Waals surface area contributed by atoms with Gasteiger partial charge in [-0.3, -0.25) is 4.40 Å². The Kier molecular flexibility index (Phi) is 3.98. The van der Waals surface area contributed by atoms with Gasteiger partial charge in [0.15, 0.2) is 0 Å². The smallest absolute Gasteiger partial charge is 0.139 e. The van der Waals surface area contributed by atoms with Crippen molar-refractivity contribution in [1.29, 1.82) is 0 Å². The summed E-state index contributed by atoms with van der Waals surface area (Å²) in [6.07, 6.45) is 2.58. The average Bonchev–Trinajstić information content (AvgIpc) is 3.21. The van der Waals surface area contributed by atoms with Crippen LogP contribution in [0.2, 0.25) is 0 Å². The Morgan fingerprint density at radius 2 is 2.00 bits per heavy atom. The molecule has 0 amide bonds. The van der Waals surface area contributed by atoms with Gasteiger partial charge in [0.2, 0.25) is 0 Å². The SMILES string of the molecule is Cc1ccc(-c2nc3cccc(C)n3c2NC[C@@H]2CCCO2)cc1. The zero-order valence-electron chi connectivity index (χ0n) is 14.2. The molecule has 2 aromatic heterocycles. The summed E-state index contributed by atoms with van der Waals surface area (Å²) in [7, 11) is 0. The highest BCUT2D eigenvalue weighted by molar-refractivity contribution is 5.77. The zero-order valence-corrected chi connectivity index (χ0v) is 14.2. The fraction of sp³-hybridized carbons (Fsp3) is 0.350. The minimum Gasteiger partial charge on any atom is -0.376 e. The van der Waals surface area contributed by atoms with Gasteiger partial charge in [-0.2, -0.15) is 0 Å². The van der Waals surface area contributed by atoms with Gasteiger partial charge >= 0.3 is 0 Å². The number of rotatable bonds is 4. The summed E-state index contributed by atoms with van der Waals surface area (Å²) in [6.45, 7) is 5.92. The third-order valence-electron chi connectivity index (χ3n) is 4.68. The lowest BCUT2D eigenvalue weighted by Crippen LogP contribution is -2.19. The summed E-state index contributed by atoms with van der Waals surface area (Å²) in [5, 5.41) is 3.61. The molecule has 1 aromatic carbocycles. The molecule has 1 fully saturated rings. The fourth-order valence-electron chi connectivity index (χ4n) is 3.35. The van der Waals surface area contributed by atoms with Crippen molar-refractivity contribution in [3.63, 3.8) is 0 Å². The van der Waals surface area contributed by atoms with E-state index in [4.69, 9.17) is 9.72 Å². The first-order chi connectivity index (χ1) is 11.7. The second kappa shape index (κ2) is 6.29. The van der Waals surface area contributed by atoms with E-state index in [1.165, 1.54) is 11.3 Å². The summed E-state index contributed by atoms with van der Waals surface area (Å²) >= 11 is 0. The van der Waals surface area contributed by atoms with E-state index in [1.54, 1.807) is 0 Å². The van der Waals surface area contributed by atoms with Gasteiger partial charge in [-0.15, -0.1) is 0 Å². The molecule has 1 saturated heterocycles. The van der Waals surface area contributed by atoms with Crippen molar-refractivity contribution in [2.75, 3.05) is 18.5 Å². The van der Waals surface area contributed by atoms with E-state index >= 15 is 0 Å². The van der Waals surface area contributed by atoms with Crippen LogP contribution in [0.4, 0.5) is 5.82 Å². The predicted octanol–water partition coefficient (Wildman–Crippen LogP) is 4.21. The molecule has 1 N–H and O–H groups in total. The number of aromatic nitrogens is 2. The Balaban J connectivity index is 1.77. The van der Waals surface area contributed by atoms with Crippen molar-refractivity contribution in [3.05, 3.63) is 53.7 Å². The van der Waals surface area contributed by atoms with Crippen LogP contribution in [0, 0.1) is 13.8 Å². The number of benzene rings is 1. The second-order valence-corrected chi connectivity index (χ2v) is 6.55. The molecule has 0 spiro atoms. The van der Waals surface area contributed by atoms with Crippen molar-refractivity contribution >= 4 is 11.5 Å². The highest BCUT2D eigenvalue weighted by atomic mass is 16.5. The van der Waals surface area contributed by atoms with E-state index in [0.29, 0.717) is 6.10 Å². The van der Waals surface area contributed by atoms with Crippen LogP contribution in [0.25, 0.3) is 16.9 Å². The maximum absolute atomic E-state index is 5.76. The van der Waals surface area contributed by atoms with Gasteiger partial charge in [-0.05, 0) is 38.8 Å². The third kappa shape index (κ3) is 2.78. The Morgan fingerprint density at radius 3 is 2.75 bits per heavy atom. The molecule has 1 atom stereocenters. The number of anilines is 1. The molecular formula is C20H23N3O. The molecule has 0 bridgehead atoms. The van der Waals surface area contributed by atoms with Crippen LogP contribution in [0.3, 0.4) is 0 Å². The number of pyridine rings is 1. The van der Waals surface area contributed by atoms with E-state index in [9.17, 15) is 0 Å². The zero-order chi connectivity index (χ0) is 16.5. The molecule has 0 unspecified atom stereocenters. The minimum atomic E-state index is 0.297. The topological polar surface area (TPSA) is 38.6 Å². The Morgan fingerprint density at radius 1 is 1.17 bits per heavy atom. The summed E-state index contributed by atoms with van der Waals surface area (Å²) in [5.74, 6) is 1.06. The van der Waals surface area contributed by atoms with Crippen LogP contribution in [0.1, 0.15) is 24.1 Å². The van der Waals surface area contributed by atoms with Crippen molar-refractivity contribution < 1.29 is 4.74 Å². The van der Waals surface area contributed by atoms with Gasteiger partial charge in [-0.25, -0.2) is 4.98 Å². The molecule has 3 aromatic rings. The van der Waals surface area contributed by atoms with Crippen molar-refractivity contribution in [2.24, 2.45) is 0 Å². The second-order valence-electron chi connectivity index (χ2n) is 6.55. The van der Waals surface area contributed by atoms with Crippen LogP contribution in [0.15, 0.2) is 42.5 Å². The predicted molar refractivity (Wildman–Crippen MR) is 97.6 cm³/mol. The Bertz CT molecular complexity index is 845. The number of nitrogens with zero attached hydrogens (tertiary/aromatic N) is 2. The van der Waals surface area contributed by atoms with Gasteiger partial charge in [0.05, 0.1) is 6.10 Å². The summed E-state index contributed by atoms with van der Waals surface area (Å²) in [5.41, 5.74) is 5.54. The van der Waals surface area contributed by atoms with Crippen LogP contribution in [-0.4, -0.2) is 28.6 Å². The number of nitrogens with one attached hydrogen (secondary N) is 1. The first-order valence-electron chi connectivity index (χ1n) is 8.63. The monoisotopic (exact) mass is 321 g/mol. The number of aryl methyl sites for hydroxylation is 2. The summed E-state index contributed by atoms with van der Waals surface area (Å²) in [4.78, 5) is 4.88. The first kappa shape index (κ1) is 15.2. The lowest BCUT2D eigenvalue weighted by Gasteiger charge is -2.14. The number of imidazole rings is 1. The number of ether oxygens (including phenoxy) is 1. The maximum Gasteiger partial charge on any atom is 0.139 e. The molecule has 4 nitrogen and oxygen atoms in total. The summed E-state index contributed by atoms with van der Waals surface area (Å²) in [6, 6.07) is 14.8. The van der Waals surface area contributed by atoms with Gasteiger partial charge in [0, 0.05) is 24.4 Å². The highest BCUT2D eigenvalue weighted by Crippen LogP contribution is 2.30. The summed E-state index contributed by atoms with van der Waals surface area (Å²) < 4.78 is 7.96. The first-order valence-corrected chi connectivity index (χ1v) is 8.63. The molecule has 0 radical (unpaired) electrons. The molecule has 1 aliphatic heterocycles. The van der Waals surface area contributed by atoms with Crippen LogP contribution < -0.4 is 5.32 Å². The van der Waals surface area contributed by atoms with Crippen LogP contribution in [0.5, 0.6) is 0 Å². The van der Waals surface area contributed by atoms with Crippen LogP contribution >= 0.6 is 0 Å². The molecule has 3 heterocycles. The van der Waals surface area contributed by atoms with Crippen molar-refractivity contribution in [3.8, 4) is 11.3 Å². The average molecular weight is 321 g/mol. The minimum absolute atomic E-state index is 0.297. The normalized spacial score (nSPS) is 17.5. The van der Waals surface area contributed by atoms with E-state index in [2.05, 4.69) is 66.0 Å². The number of fused-ring (bicyclic) bond motifs is 1. The lowest BCUT2D eigenvalue weighted by atomic mass is 10.1. The van der Waals surface area contributed by atoms with E-state index in [1.807, 2.05) is 0 Å². The number of hydrogen-bond acceptors (Lipinski definition) is 3. The van der Waals surface area contributed by atoms with Gasteiger partial charge in [0.25, 0.3) is 0 Å². The van der Waals surface area contributed by atoms with Crippen LogP contribution in [-0.2, 0) is 4.74 Å². The molecule has 4 heteroatoms. The molecule has 4 rings (SSSR count). The molecular weight excluding hydrogens is 298 g/mol. The van der Waals surface area contributed by atoms with E-state index in [-0.39, 0.29) is 0 Å². The largest absolute Gasteiger partial charge is 0.376 e. The standard InChI is InChI=1S/C20H23N3O/c1-14-8-10-16(11-9-14)19-20(21-13-17-6-4-12-24-17)23-15(2)5-3-7-18(23)22-19/h3,5,7-11,17,21H,4,6,12-13H2,1-2H3/t17-/m0/s1. The lowest BCUT2D eigenvalue weighted by molar-refractivity contribution is 0.120. The molecule has 24 heavy (non-hydrogen) atoms. The Hall–Kier alpha value is -2.33. The molecule has 124 valence electrons. The van der Waals surface area contributed by atoms with Gasteiger partial charge in [-0.1, -0.05) is 35.9 Å². The van der Waals surface area contributed by atoms with Gasteiger partial charge < -0.3 is 10.1 Å². The van der Waals surface area contributed by atoms with Crippen molar-refractivity contribution in [1.82, 2.24) is 9.38 Å². The quantitative estimate of drug-likeness (QED) is 0.782. The Labute approximate surface area is 142 Å². The van der Waals surface area contributed by atoms with E-state index < -0.39 is 0 Å². The maximum atomic E-state index is 5.76. The van der Waals surface area contributed by atoms with Crippen molar-refractivity contribution in [2.45, 2.75) is 32.8 Å². The highest BCUT2D eigenvalue weighted by Gasteiger charge is 2.19. The molecule has 1 aliphatic rings. The molecule has 0 aliphatic carbocycles. The van der Waals surface area contributed by atoms with E-state index in [0.717, 1.165) is 48.7 Å². The third-order valence-corrected chi connectivity index (χ3v) is 4.68. The number of hydrogen-bond donors (Lipinski definition) is 1. The fourth-order valence-corrected chi connectivity index (χ4v) is 3.35. The van der Waals surface area contributed by atoms with Gasteiger partial charge in [0.1, 0.15) is 17.2 Å².